The van der Waals surface area contributed by atoms with Crippen LogP contribution in [0.25, 0.3) is 11.5 Å². The number of unbranched alkanes of at least 4 members (excludes halogenated alkanes) is 1. The van der Waals surface area contributed by atoms with Gasteiger partial charge in [-0.2, -0.15) is 0 Å². The summed E-state index contributed by atoms with van der Waals surface area (Å²) in [6.45, 7) is 15.1. The maximum absolute atomic E-state index is 6.02. The van der Waals surface area contributed by atoms with Gasteiger partial charge in [0, 0.05) is 28.0 Å². The summed E-state index contributed by atoms with van der Waals surface area (Å²) in [5.41, 5.74) is 5.69. The average Bonchev–Trinajstić information content (AvgIpc) is 3.08. The molecule has 0 atom stereocenters. The molecule has 4 heteroatoms. The van der Waals surface area contributed by atoms with Gasteiger partial charge in [-0.1, -0.05) is 49.2 Å². The third-order valence-electron chi connectivity index (χ3n) is 4.13. The minimum atomic E-state index is 0.626. The van der Waals surface area contributed by atoms with E-state index in [4.69, 9.17) is 4.74 Å². The molecule has 0 amide bonds. The molecule has 1 aromatic carbocycles. The van der Waals surface area contributed by atoms with Crippen LogP contribution in [0.3, 0.4) is 0 Å². The molecule has 0 aliphatic heterocycles. The van der Waals surface area contributed by atoms with Crippen LogP contribution < -0.4 is 0 Å². The number of benzene rings is 1. The van der Waals surface area contributed by atoms with Gasteiger partial charge in [0.15, 0.2) is 0 Å². The number of imidazole rings is 1. The topological polar surface area (TPSA) is 27.1 Å². The van der Waals surface area contributed by atoms with Crippen LogP contribution in [0.15, 0.2) is 41.3 Å². The molecular weight excluding hydrogens is 400 g/mol. The first-order valence-corrected chi connectivity index (χ1v) is 10.6. The molecule has 148 valence electrons. The summed E-state index contributed by atoms with van der Waals surface area (Å²) in [6, 6.07) is 4.26. The van der Waals surface area contributed by atoms with Gasteiger partial charge < -0.3 is 9.30 Å². The SMILES string of the molecule is CC.CCC/C=C(/C=C(/OCC)c1cc(Br)cc(C)c1C)n1cnc(C)c1. The lowest BCUT2D eigenvalue weighted by molar-refractivity contribution is 0.298. The molecule has 2 aromatic rings. The van der Waals surface area contributed by atoms with Gasteiger partial charge in [-0.15, -0.1) is 0 Å². The molecule has 0 saturated carbocycles. The maximum Gasteiger partial charge on any atom is 0.128 e. The molecule has 0 N–H and O–H groups in total. The lowest BCUT2D eigenvalue weighted by Crippen LogP contribution is -2.00. The smallest absolute Gasteiger partial charge is 0.128 e. The number of halogens is 1. The summed E-state index contributed by atoms with van der Waals surface area (Å²) in [6.07, 6.45) is 10.4. The van der Waals surface area contributed by atoms with E-state index in [1.807, 2.05) is 40.2 Å². The van der Waals surface area contributed by atoms with Crippen molar-refractivity contribution < 1.29 is 4.74 Å². The zero-order chi connectivity index (χ0) is 20.4. The Hall–Kier alpha value is -1.81. The van der Waals surface area contributed by atoms with Crippen molar-refractivity contribution in [2.45, 2.75) is 61.3 Å². The van der Waals surface area contributed by atoms with Crippen LogP contribution in [0.2, 0.25) is 0 Å². The van der Waals surface area contributed by atoms with Gasteiger partial charge in [0.25, 0.3) is 0 Å². The van der Waals surface area contributed by atoms with E-state index in [9.17, 15) is 0 Å². The van der Waals surface area contributed by atoms with Crippen LogP contribution in [0, 0.1) is 20.8 Å². The summed E-state index contributed by atoms with van der Waals surface area (Å²) in [5, 5.41) is 0. The first kappa shape index (κ1) is 23.2. The fraction of sp³-hybridized carbons (Fsp3) is 0.435. The predicted molar refractivity (Wildman–Crippen MR) is 121 cm³/mol. The van der Waals surface area contributed by atoms with Crippen LogP contribution in [0.5, 0.6) is 0 Å². The highest BCUT2D eigenvalue weighted by Gasteiger charge is 2.11. The summed E-state index contributed by atoms with van der Waals surface area (Å²) in [7, 11) is 0. The van der Waals surface area contributed by atoms with Gasteiger partial charge in [0.2, 0.25) is 0 Å². The average molecular weight is 433 g/mol. The Morgan fingerprint density at radius 2 is 1.89 bits per heavy atom. The zero-order valence-electron chi connectivity index (χ0n) is 17.8. The Labute approximate surface area is 173 Å². The molecule has 2 rings (SSSR count). The van der Waals surface area contributed by atoms with Crippen molar-refractivity contribution in [3.8, 4) is 0 Å². The molecule has 27 heavy (non-hydrogen) atoms. The quantitative estimate of drug-likeness (QED) is 0.338. The van der Waals surface area contributed by atoms with E-state index in [0.29, 0.717) is 6.61 Å². The van der Waals surface area contributed by atoms with E-state index < -0.39 is 0 Å². The molecule has 0 saturated heterocycles. The molecule has 0 unspecified atom stereocenters. The third kappa shape index (κ3) is 6.69. The van der Waals surface area contributed by atoms with Crippen LogP contribution in [-0.4, -0.2) is 16.2 Å². The highest BCUT2D eigenvalue weighted by atomic mass is 79.9. The number of allylic oxidation sites excluding steroid dienone is 3. The highest BCUT2D eigenvalue weighted by Crippen LogP contribution is 2.29. The van der Waals surface area contributed by atoms with Gasteiger partial charge in [-0.25, -0.2) is 4.98 Å². The summed E-state index contributed by atoms with van der Waals surface area (Å²) in [4.78, 5) is 4.36. The monoisotopic (exact) mass is 432 g/mol. The first-order chi connectivity index (χ1) is 13.0. The standard InChI is InChI=1S/C21H27BrN2O.C2H6/c1-6-8-9-19(24-13-16(4)23-14-24)12-21(25-7-2)20-11-18(22)10-15(3)17(20)5;1-2/h9-14H,6-8H2,1-5H3;1-2H3/b19-9-,21-12+;. The minimum absolute atomic E-state index is 0.626. The Morgan fingerprint density at radius 3 is 2.44 bits per heavy atom. The van der Waals surface area contributed by atoms with Gasteiger partial charge in [0.05, 0.1) is 18.6 Å². The number of hydrogen-bond donors (Lipinski definition) is 0. The molecule has 0 aliphatic rings. The highest BCUT2D eigenvalue weighted by molar-refractivity contribution is 9.10. The van der Waals surface area contributed by atoms with Crippen molar-refractivity contribution in [1.29, 1.82) is 0 Å². The van der Waals surface area contributed by atoms with Gasteiger partial charge in [-0.3, -0.25) is 0 Å². The van der Waals surface area contributed by atoms with E-state index in [-0.39, 0.29) is 0 Å². The molecule has 0 aliphatic carbocycles. The normalized spacial score (nSPS) is 11.9. The van der Waals surface area contributed by atoms with Gasteiger partial charge in [0.1, 0.15) is 5.76 Å². The Bertz CT molecular complexity index is 788. The Balaban J connectivity index is 0.00000176. The molecule has 1 heterocycles. The third-order valence-corrected chi connectivity index (χ3v) is 4.59. The van der Waals surface area contributed by atoms with Gasteiger partial charge in [-0.05, 0) is 57.4 Å². The summed E-state index contributed by atoms with van der Waals surface area (Å²) >= 11 is 3.61. The first-order valence-electron chi connectivity index (χ1n) is 9.79. The zero-order valence-corrected chi connectivity index (χ0v) is 19.4. The van der Waals surface area contributed by atoms with Crippen LogP contribution in [-0.2, 0) is 4.74 Å². The lowest BCUT2D eigenvalue weighted by Gasteiger charge is -2.15. The molecule has 0 spiro atoms. The van der Waals surface area contributed by atoms with Crippen molar-refractivity contribution >= 4 is 27.4 Å². The Kier molecular flexibility index (Phi) is 10.2. The Morgan fingerprint density at radius 1 is 1.19 bits per heavy atom. The molecular formula is C23H33BrN2O. The van der Waals surface area contributed by atoms with Crippen molar-refractivity contribution in [2.24, 2.45) is 0 Å². The molecule has 0 radical (unpaired) electrons. The number of aryl methyl sites for hydroxylation is 2. The molecule has 1 aromatic heterocycles. The predicted octanol–water partition coefficient (Wildman–Crippen LogP) is 7.32. The van der Waals surface area contributed by atoms with Crippen molar-refractivity contribution in [3.63, 3.8) is 0 Å². The fourth-order valence-electron chi connectivity index (χ4n) is 2.65. The second-order valence-electron chi connectivity index (χ2n) is 6.18. The molecule has 3 nitrogen and oxygen atoms in total. The lowest BCUT2D eigenvalue weighted by atomic mass is 10.0. The number of hydrogen-bond acceptors (Lipinski definition) is 2. The summed E-state index contributed by atoms with van der Waals surface area (Å²) in [5.74, 6) is 0.887. The van der Waals surface area contributed by atoms with Crippen LogP contribution >= 0.6 is 15.9 Å². The van der Waals surface area contributed by atoms with Crippen molar-refractivity contribution in [3.05, 3.63) is 63.7 Å². The fourth-order valence-corrected chi connectivity index (χ4v) is 3.22. The summed E-state index contributed by atoms with van der Waals surface area (Å²) < 4.78 is 9.15. The number of aromatic nitrogens is 2. The van der Waals surface area contributed by atoms with E-state index in [1.54, 1.807) is 0 Å². The van der Waals surface area contributed by atoms with E-state index in [0.717, 1.165) is 40.0 Å². The van der Waals surface area contributed by atoms with Crippen molar-refractivity contribution in [1.82, 2.24) is 9.55 Å². The van der Waals surface area contributed by atoms with Gasteiger partial charge >= 0.3 is 0 Å². The largest absolute Gasteiger partial charge is 0.493 e. The second-order valence-corrected chi connectivity index (χ2v) is 7.09. The number of rotatable bonds is 7. The van der Waals surface area contributed by atoms with E-state index in [1.165, 1.54) is 11.1 Å². The number of nitrogens with zero attached hydrogens (tertiary/aromatic N) is 2. The van der Waals surface area contributed by atoms with Crippen LogP contribution in [0.1, 0.15) is 62.9 Å². The molecule has 0 bridgehead atoms. The minimum Gasteiger partial charge on any atom is -0.493 e. The number of ether oxygens (including phenoxy) is 1. The van der Waals surface area contributed by atoms with Crippen molar-refractivity contribution in [2.75, 3.05) is 6.61 Å². The second kappa shape index (κ2) is 11.8. The maximum atomic E-state index is 6.02. The van der Waals surface area contributed by atoms with E-state index >= 15 is 0 Å². The van der Waals surface area contributed by atoms with E-state index in [2.05, 4.69) is 70.5 Å². The van der Waals surface area contributed by atoms with Crippen LogP contribution in [0.4, 0.5) is 0 Å². The molecule has 0 fully saturated rings.